The lowest BCUT2D eigenvalue weighted by Gasteiger charge is -2.16. The van der Waals surface area contributed by atoms with E-state index >= 15 is 0 Å². The minimum Gasteiger partial charge on any atom is -0.481 e. The van der Waals surface area contributed by atoms with Gasteiger partial charge >= 0.3 is 5.97 Å². The van der Waals surface area contributed by atoms with Gasteiger partial charge in [-0.25, -0.2) is 0 Å². The van der Waals surface area contributed by atoms with E-state index in [1.807, 2.05) is 43.4 Å². The van der Waals surface area contributed by atoms with E-state index in [4.69, 9.17) is 9.84 Å². The molecule has 0 unspecified atom stereocenters. The van der Waals surface area contributed by atoms with Crippen LogP contribution >= 0.6 is 0 Å². The Morgan fingerprint density at radius 2 is 1.86 bits per heavy atom. The lowest BCUT2D eigenvalue weighted by molar-refractivity contribution is -0.136. The summed E-state index contributed by atoms with van der Waals surface area (Å²) in [6.45, 7) is 2.04. The molecule has 158 valence electrons. The molecule has 0 aromatic heterocycles. The van der Waals surface area contributed by atoms with Crippen molar-refractivity contribution in [3.8, 4) is 0 Å². The first-order valence-electron chi connectivity index (χ1n) is 9.98. The molecule has 28 heavy (non-hydrogen) atoms. The molecule has 0 bridgehead atoms. The van der Waals surface area contributed by atoms with Gasteiger partial charge in [-0.15, -0.1) is 0 Å². The van der Waals surface area contributed by atoms with Gasteiger partial charge in [-0.1, -0.05) is 55.5 Å². The highest BCUT2D eigenvalue weighted by molar-refractivity contribution is 5.66. The van der Waals surface area contributed by atoms with Crippen molar-refractivity contribution in [2.24, 2.45) is 0 Å². The summed E-state index contributed by atoms with van der Waals surface area (Å²) in [7, 11) is 0. The molecule has 6 heteroatoms. The summed E-state index contributed by atoms with van der Waals surface area (Å²) in [6, 6.07) is 0. The second-order valence-electron chi connectivity index (χ2n) is 6.92. The molecule has 0 aromatic carbocycles. The number of ether oxygens (including phenoxy) is 1. The van der Waals surface area contributed by atoms with Crippen LogP contribution in [0.2, 0.25) is 0 Å². The summed E-state index contributed by atoms with van der Waals surface area (Å²) < 4.78 is 5.73. The Bertz CT molecular complexity index is 551. The van der Waals surface area contributed by atoms with Crippen LogP contribution in [0, 0.1) is 0 Å². The topological polar surface area (TPSA) is 107 Å². The minimum absolute atomic E-state index is 0.129. The monoisotopic (exact) mass is 394 g/mol. The van der Waals surface area contributed by atoms with Gasteiger partial charge in [-0.05, 0) is 32.1 Å². The van der Waals surface area contributed by atoms with E-state index in [-0.39, 0.29) is 12.5 Å². The molecular formula is C22H34O6. The summed E-state index contributed by atoms with van der Waals surface area (Å²) in [5.41, 5.74) is 0. The SMILES string of the molecule is CC/C=C\C[C@@H]1O[C@@H]([C@@H](O)/C=C/[C@@H](O)C/C=C\C/C=C\CCC(=O)O)C[C@@H]1O. The third kappa shape index (κ3) is 10.6. The fourth-order valence-corrected chi connectivity index (χ4v) is 2.87. The lowest BCUT2D eigenvalue weighted by atomic mass is 10.0. The predicted octanol–water partition coefficient (Wildman–Crippen LogP) is 2.90. The number of carboxylic acid groups (broad SMARTS) is 1. The smallest absolute Gasteiger partial charge is 0.303 e. The van der Waals surface area contributed by atoms with Crippen molar-refractivity contribution in [2.45, 2.75) is 82.4 Å². The number of hydrogen-bond acceptors (Lipinski definition) is 5. The maximum atomic E-state index is 10.4. The number of aliphatic hydroxyl groups excluding tert-OH is 3. The number of aliphatic hydroxyl groups is 3. The highest BCUT2D eigenvalue weighted by atomic mass is 16.5. The van der Waals surface area contributed by atoms with E-state index in [1.54, 1.807) is 0 Å². The van der Waals surface area contributed by atoms with Gasteiger partial charge in [0, 0.05) is 12.8 Å². The van der Waals surface area contributed by atoms with Crippen LogP contribution in [0.3, 0.4) is 0 Å². The molecule has 1 saturated heterocycles. The van der Waals surface area contributed by atoms with E-state index in [1.165, 1.54) is 12.2 Å². The Hall–Kier alpha value is -1.73. The molecule has 4 N–H and O–H groups in total. The molecular weight excluding hydrogens is 360 g/mol. The van der Waals surface area contributed by atoms with Gasteiger partial charge in [0.25, 0.3) is 0 Å². The summed E-state index contributed by atoms with van der Waals surface area (Å²) in [5.74, 6) is -0.807. The molecule has 1 rings (SSSR count). The van der Waals surface area contributed by atoms with Gasteiger partial charge < -0.3 is 25.2 Å². The Morgan fingerprint density at radius 1 is 1.11 bits per heavy atom. The standard InChI is InChI=1S/C22H34O6/c1-2-3-8-12-20-19(25)16-21(28-20)18(24)15-14-17(23)11-9-6-4-5-7-10-13-22(26)27/h3,5-9,14-15,17-21,23-25H,2,4,10-13,16H2,1H3,(H,26,27)/b7-5-,8-3-,9-6-,15-14+/t17-,18-,19-,20-,21+/m0/s1. The molecule has 0 radical (unpaired) electrons. The number of carbonyl (C=O) groups is 1. The van der Waals surface area contributed by atoms with Crippen molar-refractivity contribution >= 4 is 5.97 Å². The molecule has 0 amide bonds. The van der Waals surface area contributed by atoms with Crippen LogP contribution in [0.4, 0.5) is 0 Å². The first-order chi connectivity index (χ1) is 13.4. The molecule has 1 aliphatic rings. The van der Waals surface area contributed by atoms with E-state index in [0.717, 1.165) is 6.42 Å². The average Bonchev–Trinajstić information content (AvgIpc) is 3.02. The third-order valence-corrected chi connectivity index (χ3v) is 4.44. The molecule has 6 nitrogen and oxygen atoms in total. The molecule has 0 aliphatic carbocycles. The highest BCUT2D eigenvalue weighted by Gasteiger charge is 2.36. The van der Waals surface area contributed by atoms with Crippen LogP contribution in [-0.2, 0) is 9.53 Å². The zero-order chi connectivity index (χ0) is 20.8. The number of carboxylic acids is 1. The third-order valence-electron chi connectivity index (χ3n) is 4.44. The second kappa shape index (κ2) is 14.3. The first kappa shape index (κ1) is 24.3. The molecule has 0 spiro atoms. The Kier molecular flexibility index (Phi) is 12.4. The average molecular weight is 395 g/mol. The molecule has 1 aliphatic heterocycles. The van der Waals surface area contributed by atoms with Crippen LogP contribution in [0.15, 0.2) is 48.6 Å². The van der Waals surface area contributed by atoms with Gasteiger partial charge in [0.15, 0.2) is 0 Å². The van der Waals surface area contributed by atoms with Gasteiger partial charge in [-0.3, -0.25) is 4.79 Å². The maximum absolute atomic E-state index is 10.4. The number of allylic oxidation sites excluding steroid dienone is 4. The highest BCUT2D eigenvalue weighted by Crippen LogP contribution is 2.26. The van der Waals surface area contributed by atoms with Crippen molar-refractivity contribution in [2.75, 3.05) is 0 Å². The van der Waals surface area contributed by atoms with Crippen LogP contribution in [0.25, 0.3) is 0 Å². The second-order valence-corrected chi connectivity index (χ2v) is 6.92. The molecule has 0 aromatic rings. The summed E-state index contributed by atoms with van der Waals surface area (Å²) in [6.07, 6.45) is 15.3. The van der Waals surface area contributed by atoms with Crippen LogP contribution < -0.4 is 0 Å². The maximum Gasteiger partial charge on any atom is 0.303 e. The van der Waals surface area contributed by atoms with E-state index in [9.17, 15) is 20.1 Å². The van der Waals surface area contributed by atoms with Crippen LogP contribution in [-0.4, -0.2) is 56.9 Å². The van der Waals surface area contributed by atoms with E-state index < -0.39 is 30.4 Å². The van der Waals surface area contributed by atoms with Crippen molar-refractivity contribution in [1.29, 1.82) is 0 Å². The zero-order valence-corrected chi connectivity index (χ0v) is 16.6. The zero-order valence-electron chi connectivity index (χ0n) is 16.6. The Labute approximate surface area is 167 Å². The molecule has 1 fully saturated rings. The van der Waals surface area contributed by atoms with E-state index in [2.05, 4.69) is 0 Å². The lowest BCUT2D eigenvalue weighted by Crippen LogP contribution is -2.24. The Morgan fingerprint density at radius 3 is 2.57 bits per heavy atom. The largest absolute Gasteiger partial charge is 0.481 e. The molecule has 1 heterocycles. The van der Waals surface area contributed by atoms with Crippen molar-refractivity contribution in [3.05, 3.63) is 48.6 Å². The fraction of sp³-hybridized carbons (Fsp3) is 0.591. The molecule has 5 atom stereocenters. The quantitative estimate of drug-likeness (QED) is 0.358. The van der Waals surface area contributed by atoms with Crippen LogP contribution in [0.5, 0.6) is 0 Å². The van der Waals surface area contributed by atoms with Gasteiger partial charge in [-0.2, -0.15) is 0 Å². The van der Waals surface area contributed by atoms with Gasteiger partial charge in [0.2, 0.25) is 0 Å². The normalized spacial score (nSPS) is 25.5. The first-order valence-corrected chi connectivity index (χ1v) is 9.98. The van der Waals surface area contributed by atoms with Crippen molar-refractivity contribution in [1.82, 2.24) is 0 Å². The predicted molar refractivity (Wildman–Crippen MR) is 109 cm³/mol. The number of rotatable bonds is 13. The summed E-state index contributed by atoms with van der Waals surface area (Å²) >= 11 is 0. The molecule has 0 saturated carbocycles. The van der Waals surface area contributed by atoms with E-state index in [0.29, 0.717) is 32.1 Å². The summed E-state index contributed by atoms with van der Waals surface area (Å²) in [4.78, 5) is 10.4. The fourth-order valence-electron chi connectivity index (χ4n) is 2.87. The van der Waals surface area contributed by atoms with Crippen molar-refractivity contribution in [3.63, 3.8) is 0 Å². The van der Waals surface area contributed by atoms with Crippen LogP contribution in [0.1, 0.15) is 51.9 Å². The number of aliphatic carboxylic acids is 1. The van der Waals surface area contributed by atoms with Gasteiger partial charge in [0.05, 0.1) is 30.5 Å². The number of hydrogen-bond donors (Lipinski definition) is 4. The summed E-state index contributed by atoms with van der Waals surface area (Å²) in [5, 5.41) is 38.7. The Balaban J connectivity index is 2.28. The van der Waals surface area contributed by atoms with Gasteiger partial charge in [0.1, 0.15) is 0 Å². The van der Waals surface area contributed by atoms with Crippen molar-refractivity contribution < 1.29 is 30.0 Å². The minimum atomic E-state index is -0.870.